The van der Waals surface area contributed by atoms with E-state index >= 15 is 0 Å². The second-order valence-electron chi connectivity index (χ2n) is 5.46. The second kappa shape index (κ2) is 7.51. The fourth-order valence-corrected chi connectivity index (χ4v) is 3.57. The summed E-state index contributed by atoms with van der Waals surface area (Å²) in [5.74, 6) is -0.103. The van der Waals surface area contributed by atoms with Crippen LogP contribution in [0.25, 0.3) is 17.4 Å². The standard InChI is InChI=1S/C18H14BrNO5S/c1-10(17(22)24-2)20-16(21)15(26-18(20)23)9-13-7-8-14(25-13)11-3-5-12(19)6-4-11/h3-10H,1-2H3/b15-9+/t10-/m0/s1. The lowest BCUT2D eigenvalue weighted by Crippen LogP contribution is -2.42. The van der Waals surface area contributed by atoms with Crippen molar-refractivity contribution in [3.8, 4) is 11.3 Å². The van der Waals surface area contributed by atoms with Crippen LogP contribution >= 0.6 is 27.7 Å². The van der Waals surface area contributed by atoms with Crippen LogP contribution < -0.4 is 0 Å². The SMILES string of the molecule is COC(=O)[C@H](C)N1C(=O)S/C(=C/c2ccc(-c3ccc(Br)cc3)o2)C1=O. The molecule has 8 heteroatoms. The minimum absolute atomic E-state index is 0.197. The number of hydrogen-bond acceptors (Lipinski definition) is 6. The third-order valence-electron chi connectivity index (χ3n) is 3.78. The van der Waals surface area contributed by atoms with E-state index in [0.717, 1.165) is 26.7 Å². The molecule has 0 radical (unpaired) electrons. The molecule has 2 amide bonds. The van der Waals surface area contributed by atoms with E-state index in [4.69, 9.17) is 4.42 Å². The molecule has 0 spiro atoms. The highest BCUT2D eigenvalue weighted by Gasteiger charge is 2.41. The number of thioether (sulfide) groups is 1. The molecule has 2 heterocycles. The molecule has 0 bridgehead atoms. The lowest BCUT2D eigenvalue weighted by atomic mass is 10.2. The third kappa shape index (κ3) is 3.61. The van der Waals surface area contributed by atoms with Crippen LogP contribution in [0.5, 0.6) is 0 Å². The van der Waals surface area contributed by atoms with Crippen molar-refractivity contribution < 1.29 is 23.5 Å². The molecule has 0 unspecified atom stereocenters. The summed E-state index contributed by atoms with van der Waals surface area (Å²) in [7, 11) is 1.21. The third-order valence-corrected chi connectivity index (χ3v) is 5.19. The summed E-state index contributed by atoms with van der Waals surface area (Å²) in [5.41, 5.74) is 0.889. The average Bonchev–Trinajstić information content (AvgIpc) is 3.19. The Morgan fingerprint density at radius 3 is 2.58 bits per heavy atom. The first-order valence-corrected chi connectivity index (χ1v) is 9.22. The molecular weight excluding hydrogens is 422 g/mol. The number of esters is 1. The number of benzene rings is 1. The summed E-state index contributed by atoms with van der Waals surface area (Å²) in [6.07, 6.45) is 1.50. The predicted octanol–water partition coefficient (Wildman–Crippen LogP) is 4.31. The molecule has 6 nitrogen and oxygen atoms in total. The number of methoxy groups -OCH3 is 1. The minimum Gasteiger partial charge on any atom is -0.467 e. The Kier molecular flexibility index (Phi) is 5.33. The van der Waals surface area contributed by atoms with Crippen LogP contribution in [0.4, 0.5) is 4.79 Å². The van der Waals surface area contributed by atoms with Crippen molar-refractivity contribution in [2.75, 3.05) is 7.11 Å². The van der Waals surface area contributed by atoms with Crippen LogP contribution in [0.2, 0.25) is 0 Å². The van der Waals surface area contributed by atoms with Crippen molar-refractivity contribution in [2.45, 2.75) is 13.0 Å². The molecule has 2 aromatic rings. The number of carbonyl (C=O) groups is 3. The molecule has 0 N–H and O–H groups in total. The molecule has 1 aliphatic heterocycles. The maximum Gasteiger partial charge on any atom is 0.328 e. The molecule has 1 saturated heterocycles. The van der Waals surface area contributed by atoms with E-state index in [-0.39, 0.29) is 4.91 Å². The smallest absolute Gasteiger partial charge is 0.328 e. The van der Waals surface area contributed by atoms with E-state index in [1.54, 1.807) is 12.1 Å². The predicted molar refractivity (Wildman–Crippen MR) is 101 cm³/mol. The van der Waals surface area contributed by atoms with E-state index in [9.17, 15) is 14.4 Å². The Hall–Kier alpha value is -2.32. The number of rotatable bonds is 4. The zero-order valence-corrected chi connectivity index (χ0v) is 16.3. The first-order valence-electron chi connectivity index (χ1n) is 7.61. The zero-order chi connectivity index (χ0) is 18.8. The second-order valence-corrected chi connectivity index (χ2v) is 7.37. The van der Waals surface area contributed by atoms with Crippen LogP contribution in [0.1, 0.15) is 12.7 Å². The number of carbonyl (C=O) groups excluding carboxylic acids is 3. The average molecular weight is 436 g/mol. The van der Waals surface area contributed by atoms with Crippen molar-refractivity contribution in [3.05, 3.63) is 51.5 Å². The van der Waals surface area contributed by atoms with Gasteiger partial charge in [-0.05, 0) is 43.0 Å². The summed E-state index contributed by atoms with van der Waals surface area (Å²) >= 11 is 4.14. The molecule has 0 aliphatic carbocycles. The number of hydrogen-bond donors (Lipinski definition) is 0. The molecule has 3 rings (SSSR count). The van der Waals surface area contributed by atoms with Gasteiger partial charge in [0.05, 0.1) is 12.0 Å². The molecule has 1 fully saturated rings. The van der Waals surface area contributed by atoms with Gasteiger partial charge in [0, 0.05) is 16.1 Å². The van der Waals surface area contributed by atoms with Crippen molar-refractivity contribution >= 4 is 50.9 Å². The quantitative estimate of drug-likeness (QED) is 0.525. The number of imide groups is 1. The summed E-state index contributed by atoms with van der Waals surface area (Å²) in [6.45, 7) is 1.45. The normalized spacial score (nSPS) is 17.0. The Labute approximate surface area is 162 Å². The van der Waals surface area contributed by atoms with E-state index in [0.29, 0.717) is 11.5 Å². The topological polar surface area (TPSA) is 76.8 Å². The fraction of sp³-hybridized carbons (Fsp3) is 0.167. The van der Waals surface area contributed by atoms with Gasteiger partial charge in [-0.2, -0.15) is 0 Å². The van der Waals surface area contributed by atoms with E-state index in [1.807, 2.05) is 24.3 Å². The number of nitrogens with zero attached hydrogens (tertiary/aromatic N) is 1. The van der Waals surface area contributed by atoms with Crippen LogP contribution in [-0.2, 0) is 14.3 Å². The Morgan fingerprint density at radius 2 is 1.92 bits per heavy atom. The first-order chi connectivity index (χ1) is 12.4. The van der Waals surface area contributed by atoms with Crippen LogP contribution in [0, 0.1) is 0 Å². The van der Waals surface area contributed by atoms with Crippen LogP contribution in [0.3, 0.4) is 0 Å². The number of ether oxygens (including phenoxy) is 1. The van der Waals surface area contributed by atoms with Crippen molar-refractivity contribution in [2.24, 2.45) is 0 Å². The molecule has 1 aliphatic rings. The van der Waals surface area contributed by atoms with Gasteiger partial charge in [0.15, 0.2) is 0 Å². The Balaban J connectivity index is 1.83. The summed E-state index contributed by atoms with van der Waals surface area (Å²) < 4.78 is 11.3. The maximum atomic E-state index is 12.5. The summed E-state index contributed by atoms with van der Waals surface area (Å²) in [6, 6.07) is 10.1. The van der Waals surface area contributed by atoms with Crippen molar-refractivity contribution in [1.82, 2.24) is 4.90 Å². The van der Waals surface area contributed by atoms with Gasteiger partial charge in [0.1, 0.15) is 17.6 Å². The van der Waals surface area contributed by atoms with E-state index in [1.165, 1.54) is 20.1 Å². The Bertz CT molecular complexity index is 903. The highest BCUT2D eigenvalue weighted by atomic mass is 79.9. The first kappa shape index (κ1) is 18.5. The number of halogens is 1. The van der Waals surface area contributed by atoms with Gasteiger partial charge >= 0.3 is 5.97 Å². The molecule has 1 aromatic heterocycles. The highest BCUT2D eigenvalue weighted by molar-refractivity contribution is 9.10. The largest absolute Gasteiger partial charge is 0.467 e. The number of amides is 2. The Morgan fingerprint density at radius 1 is 1.23 bits per heavy atom. The summed E-state index contributed by atoms with van der Waals surface area (Å²) in [4.78, 5) is 37.3. The molecular formula is C18H14BrNO5S. The van der Waals surface area contributed by atoms with Gasteiger partial charge in [-0.15, -0.1) is 0 Å². The van der Waals surface area contributed by atoms with Gasteiger partial charge in [0.25, 0.3) is 11.1 Å². The molecule has 1 atom stereocenters. The molecule has 134 valence electrons. The maximum absolute atomic E-state index is 12.5. The van der Waals surface area contributed by atoms with E-state index < -0.39 is 23.2 Å². The van der Waals surface area contributed by atoms with Gasteiger partial charge in [-0.1, -0.05) is 28.1 Å². The fourth-order valence-electron chi connectivity index (χ4n) is 2.42. The van der Waals surface area contributed by atoms with Crippen LogP contribution in [-0.4, -0.2) is 35.2 Å². The lowest BCUT2D eigenvalue weighted by molar-refractivity contribution is -0.148. The monoisotopic (exact) mass is 435 g/mol. The number of furan rings is 1. The zero-order valence-electron chi connectivity index (χ0n) is 13.9. The summed E-state index contributed by atoms with van der Waals surface area (Å²) in [5, 5.41) is -0.515. The lowest BCUT2D eigenvalue weighted by Gasteiger charge is -2.18. The minimum atomic E-state index is -0.978. The van der Waals surface area contributed by atoms with Gasteiger partial charge in [-0.25, -0.2) is 4.79 Å². The van der Waals surface area contributed by atoms with Gasteiger partial charge in [-0.3, -0.25) is 14.5 Å². The van der Waals surface area contributed by atoms with Gasteiger partial charge < -0.3 is 9.15 Å². The molecule has 26 heavy (non-hydrogen) atoms. The van der Waals surface area contributed by atoms with Crippen molar-refractivity contribution in [1.29, 1.82) is 0 Å². The molecule has 1 aromatic carbocycles. The molecule has 0 saturated carbocycles. The van der Waals surface area contributed by atoms with Crippen molar-refractivity contribution in [3.63, 3.8) is 0 Å². The van der Waals surface area contributed by atoms with Crippen LogP contribution in [0.15, 0.2) is 50.2 Å². The van der Waals surface area contributed by atoms with Gasteiger partial charge in [0.2, 0.25) is 0 Å². The van der Waals surface area contributed by atoms with E-state index in [2.05, 4.69) is 20.7 Å². The highest BCUT2D eigenvalue weighted by Crippen LogP contribution is 2.34.